The van der Waals surface area contributed by atoms with Gasteiger partial charge >= 0.3 is 0 Å². The van der Waals surface area contributed by atoms with Crippen LogP contribution in [0.5, 0.6) is 0 Å². The average Bonchev–Trinajstić information content (AvgIpc) is 2.98. The summed E-state index contributed by atoms with van der Waals surface area (Å²) in [5.41, 5.74) is 3.70. The SMILES string of the molecule is CNC(=O)C(Cc1ccccc1)N(Cc1ccc(Cl)cc1)C(=O)CN(c1cc(C)cc(C)c1)S(=O)(=O)c1ccccc1. The van der Waals surface area contributed by atoms with Crippen LogP contribution >= 0.6 is 11.6 Å². The zero-order valence-electron chi connectivity index (χ0n) is 23.8. The summed E-state index contributed by atoms with van der Waals surface area (Å²) in [4.78, 5) is 29.1. The number of benzene rings is 4. The molecule has 4 aromatic carbocycles. The zero-order chi connectivity index (χ0) is 30.3. The minimum absolute atomic E-state index is 0.0633. The van der Waals surface area contributed by atoms with Gasteiger partial charge in [-0.2, -0.15) is 0 Å². The molecule has 0 fully saturated rings. The van der Waals surface area contributed by atoms with Crippen LogP contribution in [0.2, 0.25) is 5.02 Å². The highest BCUT2D eigenvalue weighted by Gasteiger charge is 2.34. The molecule has 0 spiro atoms. The quantitative estimate of drug-likeness (QED) is 0.244. The molecule has 4 rings (SSSR count). The molecule has 0 aliphatic rings. The lowest BCUT2D eigenvalue weighted by molar-refractivity contribution is -0.139. The van der Waals surface area contributed by atoms with E-state index in [1.54, 1.807) is 54.6 Å². The Balaban J connectivity index is 1.80. The Labute approximate surface area is 252 Å². The number of hydrogen-bond donors (Lipinski definition) is 1. The standard InChI is InChI=1S/C33H34ClN3O4S/c1-24-18-25(2)20-29(19-24)37(42(40,41)30-12-8-5-9-13-30)23-32(38)36(22-27-14-16-28(34)17-15-27)31(33(39)35-3)21-26-10-6-4-7-11-26/h4-20,31H,21-23H2,1-3H3,(H,35,39). The van der Waals surface area contributed by atoms with Gasteiger partial charge in [0.15, 0.2) is 0 Å². The number of aryl methyl sites for hydroxylation is 2. The lowest BCUT2D eigenvalue weighted by atomic mass is 10.0. The predicted molar refractivity (Wildman–Crippen MR) is 167 cm³/mol. The van der Waals surface area contributed by atoms with E-state index in [2.05, 4.69) is 5.32 Å². The van der Waals surface area contributed by atoms with Gasteiger partial charge < -0.3 is 10.2 Å². The third kappa shape index (κ3) is 7.57. The highest BCUT2D eigenvalue weighted by Crippen LogP contribution is 2.27. The Morgan fingerprint density at radius 3 is 1.95 bits per heavy atom. The minimum atomic E-state index is -4.14. The Kier molecular flexibility index (Phi) is 10.0. The fourth-order valence-electron chi connectivity index (χ4n) is 4.85. The number of anilines is 1. The van der Waals surface area contributed by atoms with E-state index >= 15 is 0 Å². The fourth-order valence-corrected chi connectivity index (χ4v) is 6.40. The van der Waals surface area contributed by atoms with Crippen molar-refractivity contribution < 1.29 is 18.0 Å². The van der Waals surface area contributed by atoms with E-state index in [1.807, 2.05) is 50.2 Å². The van der Waals surface area contributed by atoms with Gasteiger partial charge in [0.05, 0.1) is 10.6 Å². The number of hydrogen-bond acceptors (Lipinski definition) is 4. The summed E-state index contributed by atoms with van der Waals surface area (Å²) in [7, 11) is -2.62. The summed E-state index contributed by atoms with van der Waals surface area (Å²) in [6.07, 6.45) is 0.245. The maximum atomic E-state index is 14.3. The van der Waals surface area contributed by atoms with E-state index in [1.165, 1.54) is 24.1 Å². The Morgan fingerprint density at radius 1 is 0.810 bits per heavy atom. The lowest BCUT2D eigenvalue weighted by Crippen LogP contribution is -2.53. The summed E-state index contributed by atoms with van der Waals surface area (Å²) in [6.45, 7) is 3.32. The van der Waals surface area contributed by atoms with Gasteiger partial charge in [-0.15, -0.1) is 0 Å². The predicted octanol–water partition coefficient (Wildman–Crippen LogP) is 5.54. The summed E-state index contributed by atoms with van der Waals surface area (Å²) >= 11 is 6.11. The van der Waals surface area contributed by atoms with Gasteiger partial charge in [0.25, 0.3) is 10.0 Å². The molecule has 0 saturated carbocycles. The number of carbonyl (C=O) groups is 2. The van der Waals surface area contributed by atoms with Crippen LogP contribution in [-0.2, 0) is 32.6 Å². The summed E-state index contributed by atoms with van der Waals surface area (Å²) in [5.74, 6) is -0.877. The molecular weight excluding hydrogens is 570 g/mol. The van der Waals surface area contributed by atoms with Crippen molar-refractivity contribution in [3.63, 3.8) is 0 Å². The van der Waals surface area contributed by atoms with Crippen LogP contribution in [0.3, 0.4) is 0 Å². The number of nitrogens with zero attached hydrogens (tertiary/aromatic N) is 2. The van der Waals surface area contributed by atoms with E-state index in [4.69, 9.17) is 11.6 Å². The van der Waals surface area contributed by atoms with E-state index in [0.29, 0.717) is 10.7 Å². The van der Waals surface area contributed by atoms with Crippen molar-refractivity contribution in [2.24, 2.45) is 0 Å². The highest BCUT2D eigenvalue weighted by molar-refractivity contribution is 7.92. The van der Waals surface area contributed by atoms with Crippen molar-refractivity contribution >= 4 is 39.1 Å². The van der Waals surface area contributed by atoms with Crippen LogP contribution < -0.4 is 9.62 Å². The third-order valence-electron chi connectivity index (χ3n) is 6.89. The molecule has 7 nitrogen and oxygen atoms in total. The fraction of sp³-hybridized carbons (Fsp3) is 0.212. The van der Waals surface area contributed by atoms with E-state index in [9.17, 15) is 18.0 Å². The summed E-state index contributed by atoms with van der Waals surface area (Å²) in [5, 5.41) is 3.23. The first kappa shape index (κ1) is 30.8. The highest BCUT2D eigenvalue weighted by atomic mass is 35.5. The topological polar surface area (TPSA) is 86.8 Å². The van der Waals surface area contributed by atoms with Gasteiger partial charge in [0, 0.05) is 25.0 Å². The minimum Gasteiger partial charge on any atom is -0.357 e. The molecule has 0 radical (unpaired) electrons. The van der Waals surface area contributed by atoms with Gasteiger partial charge in [-0.05, 0) is 72.5 Å². The molecule has 0 saturated heterocycles. The van der Waals surface area contributed by atoms with Crippen LogP contribution in [-0.4, -0.2) is 44.8 Å². The molecule has 1 N–H and O–H groups in total. The maximum Gasteiger partial charge on any atom is 0.264 e. The molecule has 1 atom stereocenters. The Bertz CT molecular complexity index is 1610. The van der Waals surface area contributed by atoms with Crippen LogP contribution in [0.1, 0.15) is 22.3 Å². The number of likely N-dealkylation sites (N-methyl/N-ethyl adjacent to an activating group) is 1. The second kappa shape index (κ2) is 13.7. The van der Waals surface area contributed by atoms with Crippen LogP contribution in [0.25, 0.3) is 0 Å². The molecule has 0 aliphatic carbocycles. The third-order valence-corrected chi connectivity index (χ3v) is 8.93. The summed E-state index contributed by atoms with van der Waals surface area (Å²) in [6, 6.07) is 28.9. The number of rotatable bonds is 11. The number of sulfonamides is 1. The van der Waals surface area contributed by atoms with E-state index < -0.39 is 28.5 Å². The van der Waals surface area contributed by atoms with Crippen molar-refractivity contribution in [3.8, 4) is 0 Å². The maximum absolute atomic E-state index is 14.3. The molecule has 4 aromatic rings. The van der Waals surface area contributed by atoms with E-state index in [-0.39, 0.29) is 23.8 Å². The first-order valence-electron chi connectivity index (χ1n) is 13.5. The molecule has 218 valence electrons. The first-order valence-corrected chi connectivity index (χ1v) is 15.4. The molecule has 0 bridgehead atoms. The molecule has 0 aromatic heterocycles. The molecule has 9 heteroatoms. The van der Waals surface area contributed by atoms with Gasteiger partial charge in [0.1, 0.15) is 12.6 Å². The molecule has 0 aliphatic heterocycles. The van der Waals surface area contributed by atoms with E-state index in [0.717, 1.165) is 26.6 Å². The van der Waals surface area contributed by atoms with Crippen LogP contribution in [0.4, 0.5) is 5.69 Å². The number of amides is 2. The van der Waals surface area contributed by atoms with Crippen LogP contribution in [0, 0.1) is 13.8 Å². The lowest BCUT2D eigenvalue weighted by Gasteiger charge is -2.33. The first-order chi connectivity index (χ1) is 20.1. The number of nitrogens with one attached hydrogen (secondary N) is 1. The Morgan fingerprint density at radius 2 is 1.38 bits per heavy atom. The average molecular weight is 604 g/mol. The summed E-state index contributed by atoms with van der Waals surface area (Å²) < 4.78 is 29.2. The molecule has 0 heterocycles. The van der Waals surface area contributed by atoms with Crippen LogP contribution in [0.15, 0.2) is 108 Å². The monoisotopic (exact) mass is 603 g/mol. The van der Waals surface area contributed by atoms with Crippen molar-refractivity contribution in [2.45, 2.75) is 37.8 Å². The molecule has 1 unspecified atom stereocenters. The number of halogens is 1. The largest absolute Gasteiger partial charge is 0.357 e. The molecule has 2 amide bonds. The Hall–Kier alpha value is -4.14. The second-order valence-corrected chi connectivity index (χ2v) is 12.4. The van der Waals surface area contributed by atoms with Gasteiger partial charge in [0.2, 0.25) is 11.8 Å². The van der Waals surface area contributed by atoms with Crippen molar-refractivity contribution in [1.82, 2.24) is 10.2 Å². The molecular formula is C33H34ClN3O4S. The second-order valence-electron chi connectivity index (χ2n) is 10.1. The molecule has 42 heavy (non-hydrogen) atoms. The number of carbonyl (C=O) groups excluding carboxylic acids is 2. The van der Waals surface area contributed by atoms with Crippen molar-refractivity contribution in [3.05, 3.63) is 130 Å². The van der Waals surface area contributed by atoms with Crippen molar-refractivity contribution in [2.75, 3.05) is 17.9 Å². The van der Waals surface area contributed by atoms with Crippen molar-refractivity contribution in [1.29, 1.82) is 0 Å². The smallest absolute Gasteiger partial charge is 0.264 e. The normalized spacial score (nSPS) is 11.9. The van der Waals surface area contributed by atoms with Gasteiger partial charge in [-0.3, -0.25) is 13.9 Å². The van der Waals surface area contributed by atoms with Gasteiger partial charge in [-0.25, -0.2) is 8.42 Å². The van der Waals surface area contributed by atoms with Gasteiger partial charge in [-0.1, -0.05) is 78.3 Å². The zero-order valence-corrected chi connectivity index (χ0v) is 25.4.